The van der Waals surface area contributed by atoms with Gasteiger partial charge < -0.3 is 5.32 Å². The molecular weight excluding hydrogens is 283 g/mol. The van der Waals surface area contributed by atoms with Crippen molar-refractivity contribution in [1.29, 1.82) is 0 Å². The highest BCUT2D eigenvalue weighted by Crippen LogP contribution is 2.19. The molecule has 1 aromatic carbocycles. The Kier molecular flexibility index (Phi) is 4.46. The van der Waals surface area contributed by atoms with Crippen molar-refractivity contribution < 1.29 is 4.39 Å². The van der Waals surface area contributed by atoms with E-state index in [0.717, 1.165) is 18.4 Å². The molecule has 1 heterocycles. The van der Waals surface area contributed by atoms with Crippen LogP contribution in [-0.2, 0) is 6.42 Å². The van der Waals surface area contributed by atoms with Crippen LogP contribution in [0.1, 0.15) is 43.4 Å². The normalized spacial score (nSPS) is 15.7. The summed E-state index contributed by atoms with van der Waals surface area (Å²) in [6.45, 7) is 0. The molecule has 0 atom stereocenters. The van der Waals surface area contributed by atoms with Crippen molar-refractivity contribution in [2.75, 3.05) is 5.32 Å². The number of aromatic nitrogens is 3. The van der Waals surface area contributed by atoms with Crippen LogP contribution in [0.3, 0.4) is 0 Å². The van der Waals surface area contributed by atoms with Crippen molar-refractivity contribution in [2.45, 2.75) is 44.6 Å². The van der Waals surface area contributed by atoms with Crippen molar-refractivity contribution in [3.8, 4) is 0 Å². The Bertz CT molecular complexity index is 677. The number of anilines is 1. The first-order chi connectivity index (χ1) is 10.7. The SMILES string of the molecule is O=c1[nH]c(NC2CCCCC2)nnc1Cc1ccc(F)cc1. The smallest absolute Gasteiger partial charge is 0.274 e. The zero-order valence-electron chi connectivity index (χ0n) is 12.3. The van der Waals surface area contributed by atoms with Crippen molar-refractivity contribution in [3.05, 3.63) is 51.7 Å². The summed E-state index contributed by atoms with van der Waals surface area (Å²) < 4.78 is 12.9. The van der Waals surface area contributed by atoms with E-state index in [1.165, 1.54) is 31.4 Å². The van der Waals surface area contributed by atoms with Gasteiger partial charge >= 0.3 is 0 Å². The van der Waals surface area contributed by atoms with Gasteiger partial charge in [-0.25, -0.2) is 4.39 Å². The van der Waals surface area contributed by atoms with Crippen LogP contribution in [0.25, 0.3) is 0 Å². The third-order valence-electron chi connectivity index (χ3n) is 4.00. The number of nitrogens with zero attached hydrogens (tertiary/aromatic N) is 2. The Hall–Kier alpha value is -2.24. The summed E-state index contributed by atoms with van der Waals surface area (Å²) in [5.41, 5.74) is 0.910. The molecule has 1 aliphatic rings. The van der Waals surface area contributed by atoms with E-state index in [9.17, 15) is 9.18 Å². The number of hydrogen-bond acceptors (Lipinski definition) is 4. The molecular formula is C16H19FN4O. The highest BCUT2D eigenvalue weighted by Gasteiger charge is 2.14. The number of halogens is 1. The third kappa shape index (κ3) is 3.69. The van der Waals surface area contributed by atoms with Crippen LogP contribution in [0.4, 0.5) is 10.3 Å². The number of rotatable bonds is 4. The van der Waals surface area contributed by atoms with E-state index in [1.807, 2.05) is 0 Å². The Labute approximate surface area is 128 Å². The van der Waals surface area contributed by atoms with E-state index in [2.05, 4.69) is 20.5 Å². The summed E-state index contributed by atoms with van der Waals surface area (Å²) in [6.07, 6.45) is 6.22. The Balaban J connectivity index is 1.69. The number of benzene rings is 1. The summed E-state index contributed by atoms with van der Waals surface area (Å²) in [4.78, 5) is 14.8. The minimum Gasteiger partial charge on any atom is -0.352 e. The van der Waals surface area contributed by atoms with Gasteiger partial charge in [-0.3, -0.25) is 9.78 Å². The molecule has 0 spiro atoms. The van der Waals surface area contributed by atoms with Gasteiger partial charge in [-0.2, -0.15) is 0 Å². The predicted octanol–water partition coefficient (Wildman–Crippen LogP) is 2.64. The highest BCUT2D eigenvalue weighted by atomic mass is 19.1. The van der Waals surface area contributed by atoms with Crippen molar-refractivity contribution in [3.63, 3.8) is 0 Å². The quantitative estimate of drug-likeness (QED) is 0.911. The first kappa shape index (κ1) is 14.7. The monoisotopic (exact) mass is 302 g/mol. The maximum Gasteiger partial charge on any atom is 0.274 e. The minimum atomic E-state index is -0.296. The molecule has 1 aromatic heterocycles. The van der Waals surface area contributed by atoms with E-state index in [0.29, 0.717) is 24.1 Å². The molecule has 2 N–H and O–H groups in total. The molecule has 1 aliphatic carbocycles. The molecule has 1 saturated carbocycles. The molecule has 3 rings (SSSR count). The largest absolute Gasteiger partial charge is 0.352 e. The van der Waals surface area contributed by atoms with Crippen LogP contribution in [0, 0.1) is 5.82 Å². The van der Waals surface area contributed by atoms with E-state index in [4.69, 9.17) is 0 Å². The Morgan fingerprint density at radius 1 is 1.14 bits per heavy atom. The first-order valence-corrected chi connectivity index (χ1v) is 7.67. The standard InChI is InChI=1S/C16H19FN4O/c17-12-8-6-11(7-9-12)10-14-15(22)19-16(21-20-14)18-13-4-2-1-3-5-13/h6-9,13H,1-5,10H2,(H2,18,19,21,22). The highest BCUT2D eigenvalue weighted by molar-refractivity contribution is 5.26. The predicted molar refractivity (Wildman–Crippen MR) is 82.4 cm³/mol. The fraction of sp³-hybridized carbons (Fsp3) is 0.438. The number of hydrogen-bond donors (Lipinski definition) is 2. The summed E-state index contributed by atoms with van der Waals surface area (Å²) in [6, 6.07) is 6.39. The third-order valence-corrected chi connectivity index (χ3v) is 4.00. The molecule has 0 bridgehead atoms. The molecule has 2 aromatic rings. The zero-order valence-corrected chi connectivity index (χ0v) is 12.3. The molecule has 0 unspecified atom stereocenters. The average Bonchev–Trinajstić information content (AvgIpc) is 2.53. The average molecular weight is 302 g/mol. The second-order valence-electron chi connectivity index (χ2n) is 5.73. The van der Waals surface area contributed by atoms with E-state index < -0.39 is 0 Å². The lowest BCUT2D eigenvalue weighted by molar-refractivity contribution is 0.460. The first-order valence-electron chi connectivity index (χ1n) is 7.67. The fourth-order valence-corrected chi connectivity index (χ4v) is 2.78. The van der Waals surface area contributed by atoms with Crippen LogP contribution in [0.15, 0.2) is 29.1 Å². The number of H-pyrrole nitrogens is 1. The number of aromatic amines is 1. The summed E-state index contributed by atoms with van der Waals surface area (Å²) in [5.74, 6) is 0.135. The molecule has 0 radical (unpaired) electrons. The summed E-state index contributed by atoms with van der Waals surface area (Å²) in [7, 11) is 0. The molecule has 0 saturated heterocycles. The van der Waals surface area contributed by atoms with Crippen LogP contribution in [0.2, 0.25) is 0 Å². The van der Waals surface area contributed by atoms with Crippen LogP contribution in [0.5, 0.6) is 0 Å². The fourth-order valence-electron chi connectivity index (χ4n) is 2.78. The molecule has 0 amide bonds. The van der Waals surface area contributed by atoms with Gasteiger partial charge in [0.1, 0.15) is 11.5 Å². The van der Waals surface area contributed by atoms with E-state index in [-0.39, 0.29) is 11.4 Å². The van der Waals surface area contributed by atoms with Gasteiger partial charge in [0.2, 0.25) is 5.95 Å². The maximum absolute atomic E-state index is 12.9. The van der Waals surface area contributed by atoms with Gasteiger partial charge in [-0.15, -0.1) is 10.2 Å². The summed E-state index contributed by atoms with van der Waals surface area (Å²) >= 11 is 0. The van der Waals surface area contributed by atoms with Gasteiger partial charge in [-0.1, -0.05) is 31.4 Å². The van der Waals surface area contributed by atoms with Crippen molar-refractivity contribution >= 4 is 5.95 Å². The molecule has 1 fully saturated rings. The van der Waals surface area contributed by atoms with Crippen LogP contribution >= 0.6 is 0 Å². The lowest BCUT2D eigenvalue weighted by Gasteiger charge is -2.22. The molecule has 116 valence electrons. The molecule has 6 heteroatoms. The lowest BCUT2D eigenvalue weighted by Crippen LogP contribution is -2.27. The zero-order chi connectivity index (χ0) is 15.4. The second-order valence-corrected chi connectivity index (χ2v) is 5.73. The molecule has 22 heavy (non-hydrogen) atoms. The summed E-state index contributed by atoms with van der Waals surface area (Å²) in [5, 5.41) is 11.3. The molecule has 0 aliphatic heterocycles. The van der Waals surface area contributed by atoms with Gasteiger partial charge in [0.15, 0.2) is 0 Å². The van der Waals surface area contributed by atoms with Gasteiger partial charge in [-0.05, 0) is 30.5 Å². The molecule has 5 nitrogen and oxygen atoms in total. The minimum absolute atomic E-state index is 0.252. The van der Waals surface area contributed by atoms with E-state index in [1.54, 1.807) is 12.1 Å². The topological polar surface area (TPSA) is 70.7 Å². The van der Waals surface area contributed by atoms with Crippen molar-refractivity contribution in [1.82, 2.24) is 15.2 Å². The van der Waals surface area contributed by atoms with Gasteiger partial charge in [0.25, 0.3) is 5.56 Å². The Morgan fingerprint density at radius 2 is 1.86 bits per heavy atom. The second kappa shape index (κ2) is 6.68. The van der Waals surface area contributed by atoms with Crippen LogP contribution in [-0.4, -0.2) is 21.2 Å². The number of nitrogens with one attached hydrogen (secondary N) is 2. The van der Waals surface area contributed by atoms with Crippen LogP contribution < -0.4 is 10.9 Å². The van der Waals surface area contributed by atoms with Crippen molar-refractivity contribution in [2.24, 2.45) is 0 Å². The van der Waals surface area contributed by atoms with Gasteiger partial charge in [0, 0.05) is 12.5 Å². The lowest BCUT2D eigenvalue weighted by atomic mass is 9.96. The van der Waals surface area contributed by atoms with Gasteiger partial charge in [0.05, 0.1) is 0 Å². The maximum atomic E-state index is 12.9. The Morgan fingerprint density at radius 3 is 2.55 bits per heavy atom. The van der Waals surface area contributed by atoms with E-state index >= 15 is 0 Å².